The van der Waals surface area contributed by atoms with Crippen molar-refractivity contribution in [2.75, 3.05) is 0 Å². The van der Waals surface area contributed by atoms with Gasteiger partial charge in [0.05, 0.1) is 4.92 Å². The first-order valence-corrected chi connectivity index (χ1v) is 7.52. The van der Waals surface area contributed by atoms with Gasteiger partial charge in [-0.05, 0) is 31.9 Å². The van der Waals surface area contributed by atoms with Gasteiger partial charge in [0.25, 0.3) is 5.69 Å². The lowest BCUT2D eigenvalue weighted by molar-refractivity contribution is -0.385. The number of nitro benzene ring substituents is 1. The Morgan fingerprint density at radius 1 is 1.40 bits per heavy atom. The largest absolute Gasteiger partial charge is 0.490 e. The van der Waals surface area contributed by atoms with Gasteiger partial charge in [0, 0.05) is 28.8 Å². The van der Waals surface area contributed by atoms with E-state index < -0.39 is 0 Å². The number of rotatable bonds is 3. The standard InChI is InChI=1S/C15H18ClNO3/c1-10-8-11(4-5-12(10)17(18)19)20-14-9-13(16)15(14)6-2-3-7-15/h4-5,8,13-14H,2-3,6-7,9H2,1H3. The Bertz CT molecular complexity index is 540. The second-order valence-electron chi connectivity index (χ2n) is 5.96. The highest BCUT2D eigenvalue weighted by Crippen LogP contribution is 2.57. The molecule has 1 aromatic carbocycles. The minimum atomic E-state index is -0.365. The van der Waals surface area contributed by atoms with Gasteiger partial charge in [-0.25, -0.2) is 0 Å². The first kappa shape index (κ1) is 13.7. The Morgan fingerprint density at radius 2 is 2.10 bits per heavy atom. The molecule has 20 heavy (non-hydrogen) atoms. The van der Waals surface area contributed by atoms with Crippen molar-refractivity contribution in [1.29, 1.82) is 0 Å². The van der Waals surface area contributed by atoms with Crippen molar-refractivity contribution in [3.05, 3.63) is 33.9 Å². The van der Waals surface area contributed by atoms with E-state index in [-0.39, 0.29) is 27.5 Å². The third-order valence-electron chi connectivity index (χ3n) is 4.86. The molecule has 2 atom stereocenters. The first-order chi connectivity index (χ1) is 9.53. The molecule has 0 bridgehead atoms. The zero-order valence-corrected chi connectivity index (χ0v) is 12.2. The number of ether oxygens (including phenoxy) is 1. The van der Waals surface area contributed by atoms with E-state index in [1.54, 1.807) is 19.1 Å². The lowest BCUT2D eigenvalue weighted by atomic mass is 9.64. The van der Waals surface area contributed by atoms with Crippen molar-refractivity contribution in [1.82, 2.24) is 0 Å². The minimum absolute atomic E-state index is 0.136. The van der Waals surface area contributed by atoms with Gasteiger partial charge in [0.15, 0.2) is 0 Å². The van der Waals surface area contributed by atoms with Crippen molar-refractivity contribution in [3.8, 4) is 5.75 Å². The van der Waals surface area contributed by atoms with Crippen LogP contribution in [0.5, 0.6) is 5.75 Å². The Morgan fingerprint density at radius 3 is 2.65 bits per heavy atom. The molecule has 2 fully saturated rings. The monoisotopic (exact) mass is 295 g/mol. The smallest absolute Gasteiger partial charge is 0.272 e. The third-order valence-corrected chi connectivity index (χ3v) is 5.48. The molecule has 2 aliphatic rings. The van der Waals surface area contributed by atoms with Crippen molar-refractivity contribution >= 4 is 17.3 Å². The molecule has 0 aromatic heterocycles. The molecule has 1 spiro atoms. The lowest BCUT2D eigenvalue weighted by Crippen LogP contribution is -2.55. The summed E-state index contributed by atoms with van der Waals surface area (Å²) in [6.45, 7) is 1.74. The fourth-order valence-electron chi connectivity index (χ4n) is 3.60. The number of aryl methyl sites for hydroxylation is 1. The molecule has 1 aromatic rings. The quantitative estimate of drug-likeness (QED) is 0.476. The van der Waals surface area contributed by atoms with Gasteiger partial charge in [-0.15, -0.1) is 11.6 Å². The zero-order chi connectivity index (χ0) is 14.3. The first-order valence-electron chi connectivity index (χ1n) is 7.09. The number of nitro groups is 1. The molecule has 0 aliphatic heterocycles. The highest BCUT2D eigenvalue weighted by atomic mass is 35.5. The lowest BCUT2D eigenvalue weighted by Gasteiger charge is -2.50. The summed E-state index contributed by atoms with van der Waals surface area (Å²) < 4.78 is 6.07. The summed E-state index contributed by atoms with van der Waals surface area (Å²) in [6, 6.07) is 4.96. The number of hydrogen-bond acceptors (Lipinski definition) is 3. The van der Waals surface area contributed by atoms with Crippen LogP contribution in [0.4, 0.5) is 5.69 Å². The maximum Gasteiger partial charge on any atom is 0.272 e. The molecular formula is C15H18ClNO3. The van der Waals surface area contributed by atoms with Gasteiger partial charge >= 0.3 is 0 Å². The molecule has 2 aliphatic carbocycles. The van der Waals surface area contributed by atoms with Crippen molar-refractivity contribution in [2.45, 2.75) is 50.5 Å². The highest BCUT2D eigenvalue weighted by molar-refractivity contribution is 6.21. The van der Waals surface area contributed by atoms with Crippen LogP contribution >= 0.6 is 11.6 Å². The van der Waals surface area contributed by atoms with Crippen LogP contribution in [-0.2, 0) is 0 Å². The van der Waals surface area contributed by atoms with E-state index in [9.17, 15) is 10.1 Å². The van der Waals surface area contributed by atoms with Crippen LogP contribution in [0.25, 0.3) is 0 Å². The molecule has 108 valence electrons. The number of benzene rings is 1. The van der Waals surface area contributed by atoms with E-state index >= 15 is 0 Å². The Hall–Kier alpha value is -1.29. The van der Waals surface area contributed by atoms with Gasteiger partial charge in [-0.1, -0.05) is 12.8 Å². The summed E-state index contributed by atoms with van der Waals surface area (Å²) in [7, 11) is 0. The van der Waals surface area contributed by atoms with Crippen molar-refractivity contribution < 1.29 is 9.66 Å². The Kier molecular flexibility index (Phi) is 3.36. The van der Waals surface area contributed by atoms with E-state index in [1.807, 2.05) is 0 Å². The molecule has 0 amide bonds. The van der Waals surface area contributed by atoms with Gasteiger partial charge in [0.1, 0.15) is 11.9 Å². The number of alkyl halides is 1. The average molecular weight is 296 g/mol. The van der Waals surface area contributed by atoms with E-state index in [1.165, 1.54) is 18.9 Å². The van der Waals surface area contributed by atoms with Crippen LogP contribution in [0.2, 0.25) is 0 Å². The van der Waals surface area contributed by atoms with Crippen LogP contribution in [0, 0.1) is 22.5 Å². The second kappa shape index (κ2) is 4.92. The summed E-state index contributed by atoms with van der Waals surface area (Å²) >= 11 is 6.40. The summed E-state index contributed by atoms with van der Waals surface area (Å²) in [6.07, 6.45) is 5.76. The number of halogens is 1. The molecular weight excluding hydrogens is 278 g/mol. The van der Waals surface area contributed by atoms with E-state index in [4.69, 9.17) is 16.3 Å². The summed E-state index contributed by atoms with van der Waals surface area (Å²) in [5.74, 6) is 0.716. The fourth-order valence-corrected chi connectivity index (χ4v) is 4.12. The van der Waals surface area contributed by atoms with Gasteiger partial charge in [-0.2, -0.15) is 0 Å². The Labute approximate surface area is 123 Å². The van der Waals surface area contributed by atoms with Crippen LogP contribution in [-0.4, -0.2) is 16.4 Å². The fraction of sp³-hybridized carbons (Fsp3) is 0.600. The highest BCUT2D eigenvalue weighted by Gasteiger charge is 2.56. The van der Waals surface area contributed by atoms with Crippen LogP contribution < -0.4 is 4.74 Å². The molecule has 4 nitrogen and oxygen atoms in total. The number of nitrogens with zero attached hydrogens (tertiary/aromatic N) is 1. The second-order valence-corrected chi connectivity index (χ2v) is 6.48. The van der Waals surface area contributed by atoms with Crippen LogP contribution in [0.3, 0.4) is 0 Å². The van der Waals surface area contributed by atoms with E-state index in [0.717, 1.165) is 19.3 Å². The Balaban J connectivity index is 1.76. The molecule has 0 N–H and O–H groups in total. The summed E-state index contributed by atoms with van der Waals surface area (Å²) in [4.78, 5) is 10.5. The van der Waals surface area contributed by atoms with Crippen LogP contribution in [0.1, 0.15) is 37.7 Å². The molecule has 2 saturated carbocycles. The maximum absolute atomic E-state index is 10.8. The van der Waals surface area contributed by atoms with Gasteiger partial charge in [0.2, 0.25) is 0 Å². The van der Waals surface area contributed by atoms with Gasteiger partial charge in [-0.3, -0.25) is 10.1 Å². The zero-order valence-electron chi connectivity index (χ0n) is 11.5. The third kappa shape index (κ3) is 2.06. The predicted octanol–water partition coefficient (Wildman–Crippen LogP) is 4.22. The molecule has 0 heterocycles. The van der Waals surface area contributed by atoms with E-state index in [0.29, 0.717) is 11.3 Å². The van der Waals surface area contributed by atoms with E-state index in [2.05, 4.69) is 0 Å². The molecule has 0 radical (unpaired) electrons. The van der Waals surface area contributed by atoms with Gasteiger partial charge < -0.3 is 4.74 Å². The normalized spacial score (nSPS) is 27.3. The summed E-state index contributed by atoms with van der Waals surface area (Å²) in [5.41, 5.74) is 0.906. The minimum Gasteiger partial charge on any atom is -0.490 e. The summed E-state index contributed by atoms with van der Waals surface area (Å²) in [5, 5.41) is 11.0. The van der Waals surface area contributed by atoms with Crippen molar-refractivity contribution in [2.24, 2.45) is 5.41 Å². The van der Waals surface area contributed by atoms with Crippen molar-refractivity contribution in [3.63, 3.8) is 0 Å². The molecule has 3 rings (SSSR count). The predicted molar refractivity (Wildman–Crippen MR) is 77.4 cm³/mol. The van der Waals surface area contributed by atoms with Crippen LogP contribution in [0.15, 0.2) is 18.2 Å². The molecule has 0 saturated heterocycles. The maximum atomic E-state index is 10.8. The molecule has 5 heteroatoms. The average Bonchev–Trinajstić information content (AvgIpc) is 2.90. The topological polar surface area (TPSA) is 52.4 Å². The number of hydrogen-bond donors (Lipinski definition) is 0. The molecule has 2 unspecified atom stereocenters. The SMILES string of the molecule is Cc1cc(OC2CC(Cl)C23CCCC3)ccc1[N+](=O)[O-].